The van der Waals surface area contributed by atoms with Crippen molar-refractivity contribution in [2.75, 3.05) is 31.6 Å². The maximum absolute atomic E-state index is 12.1. The minimum atomic E-state index is 0.229. The van der Waals surface area contributed by atoms with Crippen LogP contribution in [0.1, 0.15) is 36.0 Å². The number of nitrogens with zero attached hydrogens (tertiary/aromatic N) is 2. The Labute approximate surface area is 178 Å². The summed E-state index contributed by atoms with van der Waals surface area (Å²) in [6.45, 7) is 3.12. The summed E-state index contributed by atoms with van der Waals surface area (Å²) in [5, 5.41) is 6.74. The Balaban J connectivity index is 1.23. The number of benzene rings is 2. The molecule has 1 fully saturated rings. The Morgan fingerprint density at radius 2 is 1.90 bits per heavy atom. The quantitative estimate of drug-likeness (QED) is 0.572. The van der Waals surface area contributed by atoms with Crippen LogP contribution in [0.3, 0.4) is 0 Å². The lowest BCUT2D eigenvalue weighted by atomic mass is 10.1. The van der Waals surface area contributed by atoms with E-state index in [9.17, 15) is 4.79 Å². The molecule has 1 saturated heterocycles. The van der Waals surface area contributed by atoms with Crippen molar-refractivity contribution < 1.29 is 9.53 Å². The van der Waals surface area contributed by atoms with E-state index in [0.29, 0.717) is 13.0 Å². The zero-order valence-corrected chi connectivity index (χ0v) is 17.6. The summed E-state index contributed by atoms with van der Waals surface area (Å²) in [7, 11) is 1.78. The lowest BCUT2D eigenvalue weighted by Crippen LogP contribution is -2.38. The Morgan fingerprint density at radius 3 is 2.70 bits per heavy atom. The second-order valence-electron chi connectivity index (χ2n) is 7.81. The molecule has 0 unspecified atom stereocenters. The van der Waals surface area contributed by atoms with Crippen molar-refractivity contribution in [2.24, 2.45) is 4.99 Å². The third kappa shape index (κ3) is 4.93. The van der Waals surface area contributed by atoms with Gasteiger partial charge in [0.25, 0.3) is 0 Å². The molecular weight excluding hydrogens is 376 g/mol. The Kier molecular flexibility index (Phi) is 6.52. The SMILES string of the molecule is CN=C(NCCc1ccc2c(c1)CCO2)NCc1ccc(N2CCCCC2=O)cc1. The fourth-order valence-corrected chi connectivity index (χ4v) is 4.00. The van der Waals surface area contributed by atoms with Gasteiger partial charge in [0.1, 0.15) is 5.75 Å². The predicted octanol–water partition coefficient (Wildman–Crippen LogP) is 3.05. The predicted molar refractivity (Wildman–Crippen MR) is 120 cm³/mol. The molecule has 2 heterocycles. The molecular formula is C24H30N4O2. The molecule has 2 N–H and O–H groups in total. The van der Waals surface area contributed by atoms with Gasteiger partial charge in [-0.15, -0.1) is 0 Å². The van der Waals surface area contributed by atoms with E-state index < -0.39 is 0 Å². The van der Waals surface area contributed by atoms with E-state index in [4.69, 9.17) is 4.74 Å². The first-order valence-electron chi connectivity index (χ1n) is 10.8. The van der Waals surface area contributed by atoms with Crippen molar-refractivity contribution in [3.63, 3.8) is 0 Å². The lowest BCUT2D eigenvalue weighted by molar-refractivity contribution is -0.119. The van der Waals surface area contributed by atoms with Gasteiger partial charge in [-0.1, -0.05) is 24.3 Å². The number of guanidine groups is 1. The molecule has 6 heteroatoms. The molecule has 0 spiro atoms. The Bertz CT molecular complexity index is 908. The van der Waals surface area contributed by atoms with Crippen molar-refractivity contribution in [1.29, 1.82) is 0 Å². The van der Waals surface area contributed by atoms with Gasteiger partial charge in [-0.05, 0) is 54.2 Å². The highest BCUT2D eigenvalue weighted by molar-refractivity contribution is 5.93. The van der Waals surface area contributed by atoms with Crippen LogP contribution in [-0.2, 0) is 24.2 Å². The minimum Gasteiger partial charge on any atom is -0.493 e. The molecule has 2 aliphatic rings. The average Bonchev–Trinajstić information content (AvgIpc) is 3.25. The number of anilines is 1. The maximum Gasteiger partial charge on any atom is 0.226 e. The number of fused-ring (bicyclic) bond motifs is 1. The van der Waals surface area contributed by atoms with Crippen LogP contribution in [0.25, 0.3) is 0 Å². The van der Waals surface area contributed by atoms with Crippen LogP contribution in [-0.4, -0.2) is 38.6 Å². The Morgan fingerprint density at radius 1 is 1.07 bits per heavy atom. The van der Waals surface area contributed by atoms with Gasteiger partial charge in [0.05, 0.1) is 6.61 Å². The Hall–Kier alpha value is -3.02. The van der Waals surface area contributed by atoms with Gasteiger partial charge in [-0.2, -0.15) is 0 Å². The second-order valence-corrected chi connectivity index (χ2v) is 7.81. The van der Waals surface area contributed by atoms with Crippen molar-refractivity contribution in [3.8, 4) is 5.75 Å². The van der Waals surface area contributed by atoms with Crippen LogP contribution in [0.5, 0.6) is 5.75 Å². The molecule has 6 nitrogen and oxygen atoms in total. The highest BCUT2D eigenvalue weighted by Gasteiger charge is 2.19. The topological polar surface area (TPSA) is 66.0 Å². The summed E-state index contributed by atoms with van der Waals surface area (Å²) in [6, 6.07) is 14.7. The molecule has 1 amide bonds. The van der Waals surface area contributed by atoms with Gasteiger partial charge in [-0.25, -0.2) is 0 Å². The summed E-state index contributed by atoms with van der Waals surface area (Å²) in [5.74, 6) is 2.04. The largest absolute Gasteiger partial charge is 0.493 e. The lowest BCUT2D eigenvalue weighted by Gasteiger charge is -2.26. The van der Waals surface area contributed by atoms with Gasteiger partial charge in [0.15, 0.2) is 5.96 Å². The maximum atomic E-state index is 12.1. The molecule has 2 aromatic carbocycles. The molecule has 158 valence electrons. The molecule has 30 heavy (non-hydrogen) atoms. The van der Waals surface area contributed by atoms with E-state index in [1.165, 1.54) is 11.1 Å². The fourth-order valence-electron chi connectivity index (χ4n) is 4.00. The van der Waals surface area contributed by atoms with E-state index in [1.54, 1.807) is 7.05 Å². The van der Waals surface area contributed by atoms with Crippen LogP contribution >= 0.6 is 0 Å². The minimum absolute atomic E-state index is 0.229. The summed E-state index contributed by atoms with van der Waals surface area (Å²) in [4.78, 5) is 18.3. The molecule has 0 saturated carbocycles. The zero-order chi connectivity index (χ0) is 20.8. The standard InChI is InChI=1S/C24H30N4O2/c1-25-24(26-13-11-18-7-10-22-20(16-18)12-15-30-22)27-17-19-5-8-21(9-6-19)28-14-3-2-4-23(28)29/h5-10,16H,2-4,11-15,17H2,1H3,(H2,25,26,27). The fraction of sp³-hybridized carbons (Fsp3) is 0.417. The summed E-state index contributed by atoms with van der Waals surface area (Å²) >= 11 is 0. The number of amides is 1. The number of carbonyl (C=O) groups excluding carboxylic acids is 1. The highest BCUT2D eigenvalue weighted by atomic mass is 16.5. The van der Waals surface area contributed by atoms with Crippen LogP contribution in [0.15, 0.2) is 47.5 Å². The van der Waals surface area contributed by atoms with Gasteiger partial charge >= 0.3 is 0 Å². The highest BCUT2D eigenvalue weighted by Crippen LogP contribution is 2.26. The smallest absolute Gasteiger partial charge is 0.226 e. The average molecular weight is 407 g/mol. The first-order chi connectivity index (χ1) is 14.7. The summed E-state index contributed by atoms with van der Waals surface area (Å²) < 4.78 is 5.57. The van der Waals surface area contributed by atoms with Crippen LogP contribution in [0.4, 0.5) is 5.69 Å². The first kappa shape index (κ1) is 20.3. The van der Waals surface area contributed by atoms with Gasteiger partial charge in [-0.3, -0.25) is 9.79 Å². The van der Waals surface area contributed by atoms with Gasteiger partial charge < -0.3 is 20.3 Å². The van der Waals surface area contributed by atoms with E-state index in [1.807, 2.05) is 17.0 Å². The van der Waals surface area contributed by atoms with E-state index in [2.05, 4.69) is 46.0 Å². The third-order valence-electron chi connectivity index (χ3n) is 5.71. The van der Waals surface area contributed by atoms with Crippen molar-refractivity contribution >= 4 is 17.6 Å². The number of nitrogens with one attached hydrogen (secondary N) is 2. The van der Waals surface area contributed by atoms with Crippen molar-refractivity contribution in [3.05, 3.63) is 59.2 Å². The number of carbonyl (C=O) groups is 1. The molecule has 0 aromatic heterocycles. The first-order valence-corrected chi connectivity index (χ1v) is 10.8. The third-order valence-corrected chi connectivity index (χ3v) is 5.71. The van der Waals surface area contributed by atoms with Gasteiger partial charge in [0.2, 0.25) is 5.91 Å². The molecule has 0 atom stereocenters. The number of piperidine rings is 1. The van der Waals surface area contributed by atoms with Crippen molar-refractivity contribution in [2.45, 2.75) is 38.6 Å². The second kappa shape index (κ2) is 9.65. The zero-order valence-electron chi connectivity index (χ0n) is 17.6. The number of rotatable bonds is 6. The van der Waals surface area contributed by atoms with E-state index in [-0.39, 0.29) is 5.91 Å². The van der Waals surface area contributed by atoms with Crippen LogP contribution in [0, 0.1) is 0 Å². The molecule has 0 radical (unpaired) electrons. The number of hydrogen-bond donors (Lipinski definition) is 2. The number of hydrogen-bond acceptors (Lipinski definition) is 3. The monoisotopic (exact) mass is 406 g/mol. The molecule has 4 rings (SSSR count). The molecule has 0 aliphatic carbocycles. The van der Waals surface area contributed by atoms with Crippen LogP contribution in [0.2, 0.25) is 0 Å². The van der Waals surface area contributed by atoms with Gasteiger partial charge in [0, 0.05) is 45.2 Å². The molecule has 0 bridgehead atoms. The van der Waals surface area contributed by atoms with Crippen molar-refractivity contribution in [1.82, 2.24) is 10.6 Å². The number of aliphatic imine (C=N–C) groups is 1. The normalized spacial score (nSPS) is 16.2. The van der Waals surface area contributed by atoms with E-state index in [0.717, 1.165) is 68.3 Å². The van der Waals surface area contributed by atoms with E-state index >= 15 is 0 Å². The molecule has 2 aromatic rings. The summed E-state index contributed by atoms with van der Waals surface area (Å²) in [5.41, 5.74) is 4.77. The number of ether oxygens (including phenoxy) is 1. The summed E-state index contributed by atoms with van der Waals surface area (Å²) in [6.07, 6.45) is 4.68. The molecule has 2 aliphatic heterocycles. The van der Waals surface area contributed by atoms with Crippen LogP contribution < -0.4 is 20.3 Å².